The van der Waals surface area contributed by atoms with E-state index in [0.717, 1.165) is 24.3 Å². The molecule has 1 heterocycles. The van der Waals surface area contributed by atoms with Crippen LogP contribution in [0.2, 0.25) is 0 Å². The van der Waals surface area contributed by atoms with E-state index >= 15 is 0 Å². The molecule has 0 spiro atoms. The van der Waals surface area contributed by atoms with Gasteiger partial charge >= 0.3 is 0 Å². The molecule has 0 amide bonds. The van der Waals surface area contributed by atoms with Crippen molar-refractivity contribution in [1.29, 1.82) is 0 Å². The Morgan fingerprint density at radius 2 is 2.05 bits per heavy atom. The summed E-state index contributed by atoms with van der Waals surface area (Å²) in [6.45, 7) is 1.68. The lowest BCUT2D eigenvalue weighted by molar-refractivity contribution is 0.111. The van der Waals surface area contributed by atoms with Gasteiger partial charge < -0.3 is 9.47 Å². The normalized spacial score (nSPS) is 10.5. The molecule has 6 nitrogen and oxygen atoms in total. The van der Waals surface area contributed by atoms with E-state index in [9.17, 15) is 4.79 Å². The average molecular weight is 289 g/mol. The summed E-state index contributed by atoms with van der Waals surface area (Å²) in [5, 5.41) is 7.81. The molecule has 1 aromatic heterocycles. The summed E-state index contributed by atoms with van der Waals surface area (Å²) >= 11 is 0. The molecule has 0 N–H and O–H groups in total. The van der Waals surface area contributed by atoms with Crippen molar-refractivity contribution in [3.05, 3.63) is 41.7 Å². The number of benzene rings is 1. The van der Waals surface area contributed by atoms with Crippen LogP contribution in [-0.2, 0) is 17.9 Å². The van der Waals surface area contributed by atoms with Crippen molar-refractivity contribution in [2.24, 2.45) is 0 Å². The zero-order valence-corrected chi connectivity index (χ0v) is 12.1. The van der Waals surface area contributed by atoms with Gasteiger partial charge in [-0.3, -0.25) is 4.79 Å². The number of carbonyl (C=O) groups excluding carboxylic acids is 1. The van der Waals surface area contributed by atoms with Crippen LogP contribution >= 0.6 is 0 Å². The van der Waals surface area contributed by atoms with Gasteiger partial charge in [0.1, 0.15) is 5.75 Å². The maximum Gasteiger partial charge on any atom is 0.172 e. The molecule has 0 atom stereocenters. The van der Waals surface area contributed by atoms with Crippen molar-refractivity contribution < 1.29 is 14.3 Å². The van der Waals surface area contributed by atoms with Crippen LogP contribution in [0.25, 0.3) is 0 Å². The van der Waals surface area contributed by atoms with Gasteiger partial charge in [-0.05, 0) is 25.0 Å². The molecule has 0 saturated carbocycles. The maximum atomic E-state index is 10.9. The Bertz CT molecular complexity index is 555. The van der Waals surface area contributed by atoms with Crippen molar-refractivity contribution in [3.8, 4) is 5.75 Å². The number of aromatic nitrogens is 3. The summed E-state index contributed by atoms with van der Waals surface area (Å²) in [7, 11) is 1.58. The number of para-hydroxylation sites is 1. The number of hydrogen-bond donors (Lipinski definition) is 0. The predicted molar refractivity (Wildman–Crippen MR) is 77.3 cm³/mol. The molecule has 0 unspecified atom stereocenters. The molecule has 0 radical (unpaired) electrons. The first kappa shape index (κ1) is 15.2. The molecule has 0 aliphatic carbocycles. The lowest BCUT2D eigenvalue weighted by atomic mass is 10.3. The Labute approximate surface area is 123 Å². The molecule has 0 aliphatic rings. The van der Waals surface area contributed by atoms with Gasteiger partial charge in [0, 0.05) is 13.7 Å². The van der Waals surface area contributed by atoms with Crippen LogP contribution in [0.3, 0.4) is 0 Å². The highest BCUT2D eigenvalue weighted by Gasteiger charge is 2.11. The van der Waals surface area contributed by atoms with E-state index in [1.807, 2.05) is 30.3 Å². The Morgan fingerprint density at radius 3 is 2.76 bits per heavy atom. The van der Waals surface area contributed by atoms with Gasteiger partial charge in [0.05, 0.1) is 18.9 Å². The summed E-state index contributed by atoms with van der Waals surface area (Å²) in [5.41, 5.74) is 1.06. The third-order valence-corrected chi connectivity index (χ3v) is 3.04. The first-order chi connectivity index (χ1) is 10.3. The van der Waals surface area contributed by atoms with Gasteiger partial charge in [-0.2, -0.15) is 0 Å². The van der Waals surface area contributed by atoms with Gasteiger partial charge in [0.2, 0.25) is 0 Å². The lowest BCUT2D eigenvalue weighted by Gasteiger charge is -2.07. The SMILES string of the molecule is COCc1c(C=O)nnn1CCCCOc1ccccc1. The van der Waals surface area contributed by atoms with Gasteiger partial charge in [0.15, 0.2) is 12.0 Å². The van der Waals surface area contributed by atoms with Crippen LogP contribution < -0.4 is 4.74 Å². The summed E-state index contributed by atoms with van der Waals surface area (Å²) < 4.78 is 12.4. The summed E-state index contributed by atoms with van der Waals surface area (Å²) in [4.78, 5) is 10.9. The summed E-state index contributed by atoms with van der Waals surface area (Å²) in [5.74, 6) is 0.876. The number of carbonyl (C=O) groups is 1. The number of ether oxygens (including phenoxy) is 2. The highest BCUT2D eigenvalue weighted by molar-refractivity contribution is 5.73. The monoisotopic (exact) mass is 289 g/mol. The zero-order chi connectivity index (χ0) is 14.9. The van der Waals surface area contributed by atoms with E-state index in [1.165, 1.54) is 0 Å². The van der Waals surface area contributed by atoms with E-state index < -0.39 is 0 Å². The smallest absolute Gasteiger partial charge is 0.172 e. The number of aryl methyl sites for hydroxylation is 1. The molecule has 1 aromatic carbocycles. The molecule has 2 aromatic rings. The van der Waals surface area contributed by atoms with E-state index in [0.29, 0.717) is 31.7 Å². The van der Waals surface area contributed by atoms with Crippen LogP contribution in [0.1, 0.15) is 29.0 Å². The average Bonchev–Trinajstić information content (AvgIpc) is 2.91. The van der Waals surface area contributed by atoms with Gasteiger partial charge in [-0.1, -0.05) is 23.4 Å². The van der Waals surface area contributed by atoms with E-state index in [2.05, 4.69) is 10.3 Å². The molecule has 21 heavy (non-hydrogen) atoms. The topological polar surface area (TPSA) is 66.2 Å². The van der Waals surface area contributed by atoms with Crippen LogP contribution in [0.15, 0.2) is 30.3 Å². The fraction of sp³-hybridized carbons (Fsp3) is 0.400. The Morgan fingerprint density at radius 1 is 1.24 bits per heavy atom. The molecule has 6 heteroatoms. The number of aldehydes is 1. The fourth-order valence-corrected chi connectivity index (χ4v) is 1.97. The van der Waals surface area contributed by atoms with Crippen molar-refractivity contribution in [3.63, 3.8) is 0 Å². The van der Waals surface area contributed by atoms with E-state index in [4.69, 9.17) is 9.47 Å². The molecule has 0 saturated heterocycles. The third-order valence-electron chi connectivity index (χ3n) is 3.04. The summed E-state index contributed by atoms with van der Waals surface area (Å²) in [6, 6.07) is 9.72. The van der Waals surface area contributed by atoms with Crippen molar-refractivity contribution >= 4 is 6.29 Å². The minimum Gasteiger partial charge on any atom is -0.494 e. The van der Waals surface area contributed by atoms with Gasteiger partial charge in [-0.15, -0.1) is 5.10 Å². The minimum atomic E-state index is 0.335. The zero-order valence-electron chi connectivity index (χ0n) is 12.1. The highest BCUT2D eigenvalue weighted by atomic mass is 16.5. The van der Waals surface area contributed by atoms with Crippen LogP contribution in [0.4, 0.5) is 0 Å². The summed E-state index contributed by atoms with van der Waals surface area (Å²) in [6.07, 6.45) is 2.50. The van der Waals surface area contributed by atoms with Crippen molar-refractivity contribution in [2.75, 3.05) is 13.7 Å². The second-order valence-corrected chi connectivity index (χ2v) is 4.56. The molecule has 0 aliphatic heterocycles. The Hall–Kier alpha value is -2.21. The molecule has 0 bridgehead atoms. The number of unbranched alkanes of at least 4 members (excludes halogenated alkanes) is 1. The minimum absolute atomic E-state index is 0.335. The van der Waals surface area contributed by atoms with Crippen molar-refractivity contribution in [2.45, 2.75) is 26.0 Å². The first-order valence-electron chi connectivity index (χ1n) is 6.89. The maximum absolute atomic E-state index is 10.9. The molecular weight excluding hydrogens is 270 g/mol. The quantitative estimate of drug-likeness (QED) is 0.522. The van der Waals surface area contributed by atoms with E-state index in [-0.39, 0.29) is 0 Å². The fourth-order valence-electron chi connectivity index (χ4n) is 1.97. The number of nitrogens with zero attached hydrogens (tertiary/aromatic N) is 3. The van der Waals surface area contributed by atoms with Crippen molar-refractivity contribution in [1.82, 2.24) is 15.0 Å². The molecule has 0 fully saturated rings. The van der Waals surface area contributed by atoms with E-state index in [1.54, 1.807) is 11.8 Å². The second kappa shape index (κ2) is 8.16. The third kappa shape index (κ3) is 4.39. The van der Waals surface area contributed by atoms with Gasteiger partial charge in [0.25, 0.3) is 0 Å². The standard InChI is InChI=1S/C15H19N3O3/c1-20-12-15-14(11-19)16-17-18(15)9-5-6-10-21-13-7-3-2-4-8-13/h2-4,7-8,11H,5-6,9-10,12H2,1H3. The largest absolute Gasteiger partial charge is 0.494 e. The second-order valence-electron chi connectivity index (χ2n) is 4.56. The van der Waals surface area contributed by atoms with Crippen LogP contribution in [0, 0.1) is 0 Å². The predicted octanol–water partition coefficient (Wildman–Crippen LogP) is 2.10. The van der Waals surface area contributed by atoms with Crippen LogP contribution in [-0.4, -0.2) is 35.0 Å². The number of hydrogen-bond acceptors (Lipinski definition) is 5. The molecule has 112 valence electrons. The molecular formula is C15H19N3O3. The number of methoxy groups -OCH3 is 1. The first-order valence-corrected chi connectivity index (χ1v) is 6.89. The van der Waals surface area contributed by atoms with Crippen LogP contribution in [0.5, 0.6) is 5.75 Å². The number of rotatable bonds is 9. The lowest BCUT2D eigenvalue weighted by Crippen LogP contribution is -2.08. The molecule has 2 rings (SSSR count). The Kier molecular flexibility index (Phi) is 5.90. The Balaban J connectivity index is 1.76. The van der Waals surface area contributed by atoms with Gasteiger partial charge in [-0.25, -0.2) is 4.68 Å². The highest BCUT2D eigenvalue weighted by Crippen LogP contribution is 2.10.